The molecule has 0 aliphatic heterocycles. The Morgan fingerprint density at radius 2 is 1.79 bits per heavy atom. The highest BCUT2D eigenvalue weighted by Gasteiger charge is 2.71. The highest BCUT2D eigenvalue weighted by atomic mass is 16.4. The summed E-state index contributed by atoms with van der Waals surface area (Å²) in [4.78, 5) is 13.2. The Kier molecular flexibility index (Phi) is 3.78. The molecular formula is C20H28N2O2. The summed E-state index contributed by atoms with van der Waals surface area (Å²) in [6.45, 7) is 10.7. The van der Waals surface area contributed by atoms with Gasteiger partial charge in [0.15, 0.2) is 0 Å². The zero-order chi connectivity index (χ0) is 17.8. The summed E-state index contributed by atoms with van der Waals surface area (Å²) < 4.78 is 0. The molecule has 0 radical (unpaired) electrons. The molecule has 4 nitrogen and oxygen atoms in total. The molecule has 2 atom stereocenters. The lowest BCUT2D eigenvalue weighted by Gasteiger charge is -2.39. The van der Waals surface area contributed by atoms with Crippen molar-refractivity contribution in [3.8, 4) is 0 Å². The number of fused-ring (bicyclic) bond motifs is 2. The molecule has 1 aromatic carbocycles. The number of anilines is 1. The maximum Gasteiger partial charge on any atom is 0.231 e. The summed E-state index contributed by atoms with van der Waals surface area (Å²) in [5.41, 5.74) is 1.92. The summed E-state index contributed by atoms with van der Waals surface area (Å²) in [6.07, 6.45) is 2.27. The van der Waals surface area contributed by atoms with E-state index in [2.05, 4.69) is 57.2 Å². The van der Waals surface area contributed by atoms with Crippen LogP contribution in [-0.2, 0) is 4.79 Å². The molecule has 3 rings (SSSR count). The smallest absolute Gasteiger partial charge is 0.231 e. The van der Waals surface area contributed by atoms with Gasteiger partial charge in [0.25, 0.3) is 0 Å². The molecule has 1 aromatic rings. The van der Waals surface area contributed by atoms with Crippen molar-refractivity contribution in [3.05, 3.63) is 29.8 Å². The second-order valence-corrected chi connectivity index (χ2v) is 8.49. The summed E-state index contributed by atoms with van der Waals surface area (Å²) in [6, 6.07) is 8.08. The summed E-state index contributed by atoms with van der Waals surface area (Å²) in [7, 11) is 0. The van der Waals surface area contributed by atoms with Crippen LogP contribution in [0.4, 0.5) is 5.69 Å². The van der Waals surface area contributed by atoms with E-state index in [0.717, 1.165) is 24.2 Å². The molecule has 0 saturated heterocycles. The first-order chi connectivity index (χ1) is 11.2. The molecular weight excluding hydrogens is 300 g/mol. The van der Waals surface area contributed by atoms with E-state index in [1.807, 2.05) is 12.1 Å². The van der Waals surface area contributed by atoms with Gasteiger partial charge < -0.3 is 10.5 Å². The Balaban J connectivity index is 1.87. The van der Waals surface area contributed by atoms with E-state index in [9.17, 15) is 10.0 Å². The predicted molar refractivity (Wildman–Crippen MR) is 96.6 cm³/mol. The number of nitrogens with zero attached hydrogens (tertiary/aromatic N) is 1. The van der Waals surface area contributed by atoms with Crippen LogP contribution in [0.2, 0.25) is 0 Å². The van der Waals surface area contributed by atoms with E-state index in [0.29, 0.717) is 12.3 Å². The van der Waals surface area contributed by atoms with Crippen molar-refractivity contribution in [1.82, 2.24) is 0 Å². The van der Waals surface area contributed by atoms with Gasteiger partial charge in [-0.25, -0.2) is 0 Å². The van der Waals surface area contributed by atoms with Crippen LogP contribution < -0.4 is 5.32 Å². The third-order valence-electron chi connectivity index (χ3n) is 7.12. The summed E-state index contributed by atoms with van der Waals surface area (Å²) in [5.74, 6) is 0.521. The third kappa shape index (κ3) is 2.04. The van der Waals surface area contributed by atoms with Gasteiger partial charge in [-0.15, -0.1) is 0 Å². The molecule has 1 amide bonds. The van der Waals surface area contributed by atoms with Crippen molar-refractivity contribution < 1.29 is 10.0 Å². The molecule has 0 aromatic heterocycles. The third-order valence-corrected chi connectivity index (χ3v) is 7.12. The molecule has 2 saturated carbocycles. The molecule has 4 heteroatoms. The zero-order valence-electron chi connectivity index (χ0n) is 15.3. The van der Waals surface area contributed by atoms with E-state index >= 15 is 0 Å². The van der Waals surface area contributed by atoms with Crippen molar-refractivity contribution >= 4 is 17.3 Å². The number of benzene rings is 1. The van der Waals surface area contributed by atoms with Crippen molar-refractivity contribution in [3.63, 3.8) is 0 Å². The van der Waals surface area contributed by atoms with Gasteiger partial charge in [-0.3, -0.25) is 4.79 Å². The van der Waals surface area contributed by atoms with Crippen molar-refractivity contribution in [2.75, 3.05) is 5.32 Å². The molecule has 0 heterocycles. The first-order valence-electron chi connectivity index (χ1n) is 8.81. The fourth-order valence-corrected chi connectivity index (χ4v) is 4.74. The SMILES string of the molecule is CC(C)c1ccc(NC(=O)C23CCC(C)(/C(=N/O)C2)C3(C)C)cc1. The van der Waals surface area contributed by atoms with Gasteiger partial charge in [-0.2, -0.15) is 0 Å². The number of amides is 1. The first-order valence-corrected chi connectivity index (χ1v) is 8.81. The molecule has 2 unspecified atom stereocenters. The van der Waals surface area contributed by atoms with Crippen LogP contribution in [0.15, 0.2) is 29.4 Å². The van der Waals surface area contributed by atoms with Crippen LogP contribution in [0.3, 0.4) is 0 Å². The van der Waals surface area contributed by atoms with E-state index in [-0.39, 0.29) is 16.7 Å². The number of carbonyl (C=O) groups excluding carboxylic acids is 1. The molecule has 130 valence electrons. The largest absolute Gasteiger partial charge is 0.411 e. The zero-order valence-corrected chi connectivity index (χ0v) is 15.3. The van der Waals surface area contributed by atoms with Crippen LogP contribution in [0, 0.1) is 16.2 Å². The van der Waals surface area contributed by atoms with E-state index in [4.69, 9.17) is 0 Å². The van der Waals surface area contributed by atoms with E-state index in [1.54, 1.807) is 0 Å². The van der Waals surface area contributed by atoms with Crippen molar-refractivity contribution in [2.45, 2.75) is 59.8 Å². The van der Waals surface area contributed by atoms with Gasteiger partial charge >= 0.3 is 0 Å². The molecule has 24 heavy (non-hydrogen) atoms. The quantitative estimate of drug-likeness (QED) is 0.618. The van der Waals surface area contributed by atoms with Gasteiger partial charge in [-0.1, -0.05) is 51.9 Å². The minimum atomic E-state index is -0.500. The highest BCUT2D eigenvalue weighted by molar-refractivity contribution is 6.06. The number of rotatable bonds is 3. The van der Waals surface area contributed by atoms with Crippen LogP contribution in [0.25, 0.3) is 0 Å². The lowest BCUT2D eigenvalue weighted by molar-refractivity contribution is -0.130. The molecule has 2 bridgehead atoms. The van der Waals surface area contributed by atoms with Crippen molar-refractivity contribution in [2.24, 2.45) is 21.4 Å². The fraction of sp³-hybridized carbons (Fsp3) is 0.600. The molecule has 2 N–H and O–H groups in total. The van der Waals surface area contributed by atoms with Crippen LogP contribution in [-0.4, -0.2) is 16.8 Å². The number of oxime groups is 1. The average Bonchev–Trinajstić information content (AvgIpc) is 2.85. The second-order valence-electron chi connectivity index (χ2n) is 8.49. The fourth-order valence-electron chi connectivity index (χ4n) is 4.74. The minimum Gasteiger partial charge on any atom is -0.411 e. The Morgan fingerprint density at radius 1 is 1.17 bits per heavy atom. The number of hydrogen-bond donors (Lipinski definition) is 2. The summed E-state index contributed by atoms with van der Waals surface area (Å²) >= 11 is 0. The Morgan fingerprint density at radius 3 is 2.29 bits per heavy atom. The van der Waals surface area contributed by atoms with Crippen LogP contribution in [0.5, 0.6) is 0 Å². The standard InChI is InChI=1S/C20H28N2O2/c1-13(2)14-6-8-15(9-7-14)21-17(23)20-11-10-19(5,18(20,3)4)16(12-20)22-24/h6-9,13,24H,10-12H2,1-5H3,(H,21,23)/b22-16+. The topological polar surface area (TPSA) is 61.7 Å². The molecule has 0 spiro atoms. The van der Waals surface area contributed by atoms with E-state index < -0.39 is 5.41 Å². The first kappa shape index (κ1) is 17.0. The number of nitrogens with one attached hydrogen (secondary N) is 1. The van der Waals surface area contributed by atoms with Gasteiger partial charge in [0.05, 0.1) is 11.1 Å². The predicted octanol–water partition coefficient (Wildman–Crippen LogP) is 4.80. The molecule has 2 aliphatic carbocycles. The monoisotopic (exact) mass is 328 g/mol. The van der Waals surface area contributed by atoms with Crippen LogP contribution >= 0.6 is 0 Å². The maximum absolute atomic E-state index is 13.2. The molecule has 2 aliphatic rings. The Bertz CT molecular complexity index is 690. The normalized spacial score (nSPS) is 32.5. The number of carbonyl (C=O) groups is 1. The summed E-state index contributed by atoms with van der Waals surface area (Å²) in [5, 5.41) is 16.1. The Labute approximate surface area is 144 Å². The average molecular weight is 328 g/mol. The lowest BCUT2D eigenvalue weighted by Crippen LogP contribution is -2.43. The lowest BCUT2D eigenvalue weighted by atomic mass is 9.64. The van der Waals surface area contributed by atoms with Gasteiger partial charge in [-0.05, 0) is 41.9 Å². The highest BCUT2D eigenvalue weighted by Crippen LogP contribution is 2.71. The van der Waals surface area contributed by atoms with Gasteiger partial charge in [0.1, 0.15) is 0 Å². The van der Waals surface area contributed by atoms with Gasteiger partial charge in [0, 0.05) is 17.5 Å². The molecule has 2 fully saturated rings. The maximum atomic E-state index is 13.2. The van der Waals surface area contributed by atoms with E-state index in [1.165, 1.54) is 5.56 Å². The van der Waals surface area contributed by atoms with Crippen molar-refractivity contribution in [1.29, 1.82) is 0 Å². The Hall–Kier alpha value is -1.84. The van der Waals surface area contributed by atoms with Gasteiger partial charge in [0.2, 0.25) is 5.91 Å². The van der Waals surface area contributed by atoms with Crippen LogP contribution in [0.1, 0.15) is 65.4 Å². The second kappa shape index (κ2) is 5.33. The number of hydrogen-bond acceptors (Lipinski definition) is 3. The minimum absolute atomic E-state index is 0.0483.